The van der Waals surface area contributed by atoms with E-state index < -0.39 is 11.9 Å². The van der Waals surface area contributed by atoms with E-state index in [1.54, 1.807) is 48.5 Å². The van der Waals surface area contributed by atoms with Crippen molar-refractivity contribution in [1.29, 1.82) is 0 Å². The maximum atomic E-state index is 13.4. The highest BCUT2D eigenvalue weighted by molar-refractivity contribution is 6.34. The third-order valence-electron chi connectivity index (χ3n) is 6.83. The molecule has 0 fully saturated rings. The Morgan fingerprint density at radius 2 is 1.77 bits per heavy atom. The van der Waals surface area contributed by atoms with Crippen LogP contribution in [0.5, 0.6) is 17.2 Å². The van der Waals surface area contributed by atoms with E-state index in [0.717, 1.165) is 28.5 Å². The third kappa shape index (κ3) is 6.39. The molecular weight excluding hydrogens is 566 g/mol. The van der Waals surface area contributed by atoms with Crippen LogP contribution in [0.1, 0.15) is 45.8 Å². The van der Waals surface area contributed by atoms with Gasteiger partial charge in [-0.05, 0) is 66.9 Å². The predicted molar refractivity (Wildman–Crippen MR) is 169 cm³/mol. The lowest BCUT2D eigenvalue weighted by molar-refractivity contribution is 0.0727. The first-order valence-electron chi connectivity index (χ1n) is 13.8. The molecule has 5 rings (SSSR count). The molecule has 0 unspecified atom stereocenters. The molecule has 0 spiro atoms. The lowest BCUT2D eigenvalue weighted by Gasteiger charge is -2.11. The molecule has 1 aromatic heterocycles. The van der Waals surface area contributed by atoms with Crippen LogP contribution >= 0.6 is 11.6 Å². The molecule has 43 heavy (non-hydrogen) atoms. The smallest absolute Gasteiger partial charge is 0.343 e. The van der Waals surface area contributed by atoms with Crippen LogP contribution in [-0.2, 0) is 6.42 Å². The second-order valence-electron chi connectivity index (χ2n) is 9.51. The van der Waals surface area contributed by atoms with Crippen molar-refractivity contribution in [2.75, 3.05) is 13.7 Å². The zero-order valence-corrected chi connectivity index (χ0v) is 24.7. The molecule has 0 saturated carbocycles. The zero-order chi connectivity index (χ0) is 30.3. The molecule has 1 amide bonds. The normalized spacial score (nSPS) is 11.1. The van der Waals surface area contributed by atoms with Crippen molar-refractivity contribution in [3.63, 3.8) is 0 Å². The second kappa shape index (κ2) is 13.3. The highest BCUT2D eigenvalue weighted by atomic mass is 35.5. The number of benzene rings is 4. The van der Waals surface area contributed by atoms with Crippen LogP contribution in [0.4, 0.5) is 0 Å². The van der Waals surface area contributed by atoms with E-state index in [-0.39, 0.29) is 5.75 Å². The summed E-state index contributed by atoms with van der Waals surface area (Å²) >= 11 is 6.56. The Kier molecular flexibility index (Phi) is 9.08. The maximum absolute atomic E-state index is 13.4. The number of carbonyl (C=O) groups excluding carboxylic acids is 2. The Balaban J connectivity index is 1.39. The number of nitrogens with one attached hydrogen (secondary N) is 2. The van der Waals surface area contributed by atoms with Gasteiger partial charge in [0.15, 0.2) is 11.5 Å². The number of aromatic nitrogens is 1. The fourth-order valence-corrected chi connectivity index (χ4v) is 5.00. The number of fused-ring (bicyclic) bond motifs is 1. The molecule has 0 aliphatic rings. The summed E-state index contributed by atoms with van der Waals surface area (Å²) in [4.78, 5) is 29.5. The van der Waals surface area contributed by atoms with Crippen molar-refractivity contribution in [3.8, 4) is 28.4 Å². The summed E-state index contributed by atoms with van der Waals surface area (Å²) in [6, 6.07) is 25.1. The first-order valence-corrected chi connectivity index (χ1v) is 14.2. The Labute approximate surface area is 254 Å². The summed E-state index contributed by atoms with van der Waals surface area (Å²) in [5, 5.41) is 5.64. The number of esters is 1. The largest absolute Gasteiger partial charge is 0.497 e. The molecule has 5 aromatic rings. The molecule has 0 radical (unpaired) electrons. The van der Waals surface area contributed by atoms with E-state index in [4.69, 9.17) is 25.8 Å². The van der Waals surface area contributed by atoms with Gasteiger partial charge in [-0.2, -0.15) is 5.10 Å². The van der Waals surface area contributed by atoms with E-state index in [1.807, 2.05) is 43.3 Å². The number of rotatable bonds is 10. The Hall–Kier alpha value is -5.08. The number of aromatic amines is 1. The highest BCUT2D eigenvalue weighted by Gasteiger charge is 2.22. The summed E-state index contributed by atoms with van der Waals surface area (Å²) in [7, 11) is 1.53. The summed E-state index contributed by atoms with van der Waals surface area (Å²) in [5.41, 5.74) is 7.38. The van der Waals surface area contributed by atoms with Gasteiger partial charge in [-0.3, -0.25) is 4.79 Å². The molecule has 0 saturated heterocycles. The fourth-order valence-electron chi connectivity index (χ4n) is 4.77. The van der Waals surface area contributed by atoms with Gasteiger partial charge in [0.1, 0.15) is 11.4 Å². The van der Waals surface area contributed by atoms with Crippen LogP contribution in [0.25, 0.3) is 22.0 Å². The first kappa shape index (κ1) is 29.4. The summed E-state index contributed by atoms with van der Waals surface area (Å²) in [6.07, 6.45) is 2.29. The van der Waals surface area contributed by atoms with Gasteiger partial charge in [-0.1, -0.05) is 61.0 Å². The number of hydrogen-bond acceptors (Lipinski definition) is 6. The van der Waals surface area contributed by atoms with Gasteiger partial charge < -0.3 is 19.2 Å². The van der Waals surface area contributed by atoms with Crippen molar-refractivity contribution >= 4 is 40.6 Å². The van der Waals surface area contributed by atoms with Gasteiger partial charge in [-0.25, -0.2) is 10.2 Å². The molecule has 0 atom stereocenters. The van der Waals surface area contributed by atoms with Crippen molar-refractivity contribution in [2.24, 2.45) is 5.10 Å². The number of para-hydroxylation sites is 1. The lowest BCUT2D eigenvalue weighted by atomic mass is 9.99. The summed E-state index contributed by atoms with van der Waals surface area (Å²) < 4.78 is 16.5. The molecule has 0 bridgehead atoms. The minimum Gasteiger partial charge on any atom is -0.497 e. The molecule has 0 aliphatic heterocycles. The van der Waals surface area contributed by atoms with Crippen molar-refractivity contribution in [2.45, 2.75) is 20.3 Å². The molecule has 218 valence electrons. The minimum absolute atomic E-state index is 0.255. The highest BCUT2D eigenvalue weighted by Crippen LogP contribution is 2.38. The monoisotopic (exact) mass is 595 g/mol. The number of nitrogens with zero attached hydrogens (tertiary/aromatic N) is 1. The van der Waals surface area contributed by atoms with Crippen molar-refractivity contribution in [3.05, 3.63) is 112 Å². The van der Waals surface area contributed by atoms with Crippen LogP contribution in [-0.4, -0.2) is 36.8 Å². The maximum Gasteiger partial charge on any atom is 0.343 e. The van der Waals surface area contributed by atoms with E-state index >= 15 is 0 Å². The standard InChI is InChI=1S/C34H30ClN3O5/c1-4-22-10-9-14-26-30(25-13-6-7-15-27(25)35)32(37-31(22)26)33(39)38-36-20-21-16-17-28(29(18-21)42-5-2)43-34(40)23-11-8-12-24(19-23)41-3/h6-20,37H,4-5H2,1-3H3,(H,38,39). The van der Waals surface area contributed by atoms with Gasteiger partial charge in [0.2, 0.25) is 0 Å². The van der Waals surface area contributed by atoms with Crippen molar-refractivity contribution in [1.82, 2.24) is 10.4 Å². The molecule has 9 heteroatoms. The van der Waals surface area contributed by atoms with Gasteiger partial charge >= 0.3 is 5.97 Å². The number of hydrogen-bond donors (Lipinski definition) is 2. The zero-order valence-electron chi connectivity index (χ0n) is 23.9. The summed E-state index contributed by atoms with van der Waals surface area (Å²) in [5.74, 6) is 0.193. The van der Waals surface area contributed by atoms with Crippen LogP contribution < -0.4 is 19.6 Å². The number of hydrazone groups is 1. The van der Waals surface area contributed by atoms with E-state index in [9.17, 15) is 9.59 Å². The van der Waals surface area contributed by atoms with Crippen molar-refractivity contribution < 1.29 is 23.8 Å². The number of methoxy groups -OCH3 is 1. The SMILES string of the molecule is CCOc1cc(C=NNC(=O)c2[nH]c3c(CC)cccc3c2-c2ccccc2Cl)ccc1OC(=O)c1cccc(OC)c1. The Morgan fingerprint density at radius 3 is 2.53 bits per heavy atom. The predicted octanol–water partition coefficient (Wildman–Crippen LogP) is 7.44. The quantitative estimate of drug-likeness (QED) is 0.0756. The van der Waals surface area contributed by atoms with Gasteiger partial charge in [0.25, 0.3) is 5.91 Å². The minimum atomic E-state index is -0.549. The molecular formula is C34H30ClN3O5. The summed E-state index contributed by atoms with van der Waals surface area (Å²) in [6.45, 7) is 4.25. The van der Waals surface area contributed by atoms with Crippen LogP contribution in [0.3, 0.4) is 0 Å². The van der Waals surface area contributed by atoms with Gasteiger partial charge in [0, 0.05) is 27.1 Å². The topological polar surface area (TPSA) is 102 Å². The molecule has 0 aliphatic carbocycles. The average Bonchev–Trinajstić information content (AvgIpc) is 3.42. The number of carbonyl (C=O) groups is 2. The Morgan fingerprint density at radius 1 is 0.953 bits per heavy atom. The molecule has 8 nitrogen and oxygen atoms in total. The van der Waals surface area contributed by atoms with E-state index in [0.29, 0.717) is 45.5 Å². The lowest BCUT2D eigenvalue weighted by Crippen LogP contribution is -2.19. The van der Waals surface area contributed by atoms with Gasteiger partial charge in [-0.15, -0.1) is 0 Å². The second-order valence-corrected chi connectivity index (χ2v) is 9.92. The molecule has 2 N–H and O–H groups in total. The fraction of sp³-hybridized carbons (Fsp3) is 0.147. The van der Waals surface area contributed by atoms with E-state index in [2.05, 4.69) is 22.4 Å². The van der Waals surface area contributed by atoms with Crippen LogP contribution in [0, 0.1) is 0 Å². The first-order chi connectivity index (χ1) is 20.9. The third-order valence-corrected chi connectivity index (χ3v) is 7.16. The molecule has 1 heterocycles. The number of H-pyrrole nitrogens is 1. The van der Waals surface area contributed by atoms with Gasteiger partial charge in [0.05, 0.1) is 25.5 Å². The molecule has 4 aromatic carbocycles. The van der Waals surface area contributed by atoms with Crippen LogP contribution in [0.15, 0.2) is 90.0 Å². The number of halogens is 1. The number of aryl methyl sites for hydroxylation is 1. The Bertz CT molecular complexity index is 1830. The average molecular weight is 596 g/mol. The van der Waals surface area contributed by atoms with Crippen LogP contribution in [0.2, 0.25) is 5.02 Å². The van der Waals surface area contributed by atoms with E-state index in [1.165, 1.54) is 13.3 Å². The number of ether oxygens (including phenoxy) is 3. The number of amides is 1.